The van der Waals surface area contributed by atoms with Gasteiger partial charge in [-0.15, -0.1) is 0 Å². The van der Waals surface area contributed by atoms with Gasteiger partial charge in [-0.3, -0.25) is 4.79 Å². The molecule has 3 aromatic rings. The first-order chi connectivity index (χ1) is 18.0. The molecule has 4 rings (SSSR count). The van der Waals surface area contributed by atoms with Crippen LogP contribution in [0, 0.1) is 30.5 Å². The normalized spacial score (nSPS) is 20.4. The third-order valence-electron chi connectivity index (χ3n) is 7.26. The van der Waals surface area contributed by atoms with Gasteiger partial charge in [0.25, 0.3) is 0 Å². The van der Waals surface area contributed by atoms with Crippen LogP contribution in [0.25, 0.3) is 0 Å². The Morgan fingerprint density at radius 2 is 1.84 bits per heavy atom. The number of aromatic hydroxyl groups is 1. The molecule has 1 radical (unpaired) electrons. The topological polar surface area (TPSA) is 52.6 Å². The summed E-state index contributed by atoms with van der Waals surface area (Å²) in [5.41, 5.74) is -0.931. The number of phenols is 1. The molecule has 3 aromatic carbocycles. The monoisotopic (exact) mass is 531 g/mol. The summed E-state index contributed by atoms with van der Waals surface area (Å²) in [7, 11) is 1.74. The average molecular weight is 532 g/mol. The van der Waals surface area contributed by atoms with Crippen LogP contribution < -0.4 is 5.32 Å². The van der Waals surface area contributed by atoms with Gasteiger partial charge >= 0.3 is 6.18 Å². The minimum atomic E-state index is -5.00. The molecule has 0 saturated carbocycles. The fourth-order valence-electron chi connectivity index (χ4n) is 5.50. The van der Waals surface area contributed by atoms with E-state index in [2.05, 4.69) is 5.32 Å². The number of piperidine rings is 1. The number of halogens is 5. The molecule has 1 aliphatic rings. The van der Waals surface area contributed by atoms with Crippen molar-refractivity contribution in [1.29, 1.82) is 0 Å². The zero-order chi connectivity index (χ0) is 27.6. The number of phenolic OH excluding ortho intramolecular Hbond substituents is 1. The summed E-state index contributed by atoms with van der Waals surface area (Å²) in [4.78, 5) is 15.8. The maximum Gasteiger partial charge on any atom is 0.419 e. The van der Waals surface area contributed by atoms with E-state index in [1.54, 1.807) is 13.1 Å². The highest BCUT2D eigenvalue weighted by molar-refractivity contribution is 5.99. The number of likely N-dealkylation sites (N-methyl/N-ethyl adjacent to an activating group) is 1. The van der Waals surface area contributed by atoms with Gasteiger partial charge in [-0.1, -0.05) is 36.4 Å². The summed E-state index contributed by atoms with van der Waals surface area (Å²) >= 11 is 0. The Morgan fingerprint density at radius 3 is 2.53 bits per heavy atom. The summed E-state index contributed by atoms with van der Waals surface area (Å²) in [6.07, 6.45) is -5.00. The Kier molecular flexibility index (Phi) is 8.18. The van der Waals surface area contributed by atoms with E-state index in [-0.39, 0.29) is 35.5 Å². The van der Waals surface area contributed by atoms with Crippen LogP contribution >= 0.6 is 0 Å². The Balaban J connectivity index is 1.95. The molecule has 0 bridgehead atoms. The van der Waals surface area contributed by atoms with E-state index in [1.807, 2.05) is 11.0 Å². The number of ketones is 1. The Morgan fingerprint density at radius 1 is 1.11 bits per heavy atom. The van der Waals surface area contributed by atoms with Crippen molar-refractivity contribution < 1.29 is 31.9 Å². The molecule has 4 nitrogen and oxygen atoms in total. The van der Waals surface area contributed by atoms with Gasteiger partial charge in [-0.25, -0.2) is 8.78 Å². The number of hydrogen-bond acceptors (Lipinski definition) is 4. The minimum Gasteiger partial charge on any atom is -0.508 e. The van der Waals surface area contributed by atoms with Crippen LogP contribution in [0.15, 0.2) is 54.6 Å². The molecule has 201 valence electrons. The summed E-state index contributed by atoms with van der Waals surface area (Å²) in [6, 6.07) is 14.4. The molecule has 0 spiro atoms. The molecule has 0 unspecified atom stereocenters. The van der Waals surface area contributed by atoms with Crippen LogP contribution in [0.5, 0.6) is 5.75 Å². The number of nitrogens with zero attached hydrogens (tertiary/aromatic N) is 1. The average Bonchev–Trinajstić information content (AvgIpc) is 2.87. The second kappa shape index (κ2) is 11.2. The highest BCUT2D eigenvalue weighted by Crippen LogP contribution is 2.49. The molecule has 1 fully saturated rings. The molecule has 2 N–H and O–H groups in total. The van der Waals surface area contributed by atoms with E-state index < -0.39 is 46.9 Å². The minimum absolute atomic E-state index is 0.0959. The summed E-state index contributed by atoms with van der Waals surface area (Å²) in [5.74, 6) is -5.39. The molecule has 0 amide bonds. The lowest BCUT2D eigenvalue weighted by Crippen LogP contribution is -2.49. The van der Waals surface area contributed by atoms with E-state index in [0.29, 0.717) is 18.7 Å². The van der Waals surface area contributed by atoms with Gasteiger partial charge in [0, 0.05) is 55.6 Å². The third kappa shape index (κ3) is 5.59. The summed E-state index contributed by atoms with van der Waals surface area (Å²) in [5, 5.41) is 13.0. The number of nitrogens with one attached hydrogen (secondary N) is 1. The van der Waals surface area contributed by atoms with Crippen molar-refractivity contribution in [3.8, 4) is 5.75 Å². The molecule has 3 atom stereocenters. The molecule has 1 saturated heterocycles. The Bertz CT molecular complexity index is 1310. The van der Waals surface area contributed by atoms with Crippen LogP contribution in [0.1, 0.15) is 44.4 Å². The number of Topliss-reactive ketones (excluding diaryl/α,β-unsaturated/α-hetero) is 1. The van der Waals surface area contributed by atoms with Gasteiger partial charge in [0.2, 0.25) is 0 Å². The van der Waals surface area contributed by atoms with E-state index in [4.69, 9.17) is 0 Å². The van der Waals surface area contributed by atoms with Crippen LogP contribution in [-0.4, -0.2) is 49.0 Å². The summed E-state index contributed by atoms with van der Waals surface area (Å²) in [6.45, 7) is 2.74. The van der Waals surface area contributed by atoms with Crippen LogP contribution in [0.3, 0.4) is 0 Å². The van der Waals surface area contributed by atoms with Gasteiger partial charge < -0.3 is 15.3 Å². The number of alkyl halides is 3. The van der Waals surface area contributed by atoms with E-state index in [9.17, 15) is 31.9 Å². The second-order valence-electron chi connectivity index (χ2n) is 9.59. The number of carbonyl (C=O) groups excluding carboxylic acids is 1. The number of benzene rings is 3. The first-order valence-electron chi connectivity index (χ1n) is 12.3. The van der Waals surface area contributed by atoms with E-state index >= 15 is 0 Å². The van der Waals surface area contributed by atoms with Crippen molar-refractivity contribution in [3.63, 3.8) is 0 Å². The third-order valence-corrected chi connectivity index (χ3v) is 7.26. The van der Waals surface area contributed by atoms with Gasteiger partial charge in [0.1, 0.15) is 17.4 Å². The first kappa shape index (κ1) is 27.7. The predicted molar refractivity (Wildman–Crippen MR) is 133 cm³/mol. The number of carbonyl (C=O) groups is 1. The molecule has 1 heterocycles. The lowest BCUT2D eigenvalue weighted by atomic mass is 9.67. The van der Waals surface area contributed by atoms with Crippen molar-refractivity contribution in [3.05, 3.63) is 100 Å². The maximum atomic E-state index is 14.8. The van der Waals surface area contributed by atoms with E-state index in [0.717, 1.165) is 6.07 Å². The van der Waals surface area contributed by atoms with Crippen molar-refractivity contribution >= 4 is 5.78 Å². The lowest BCUT2D eigenvalue weighted by Gasteiger charge is -2.45. The summed E-state index contributed by atoms with van der Waals surface area (Å²) < 4.78 is 71.9. The first-order valence-corrected chi connectivity index (χ1v) is 12.3. The number of likely N-dealkylation sites (tertiary alicyclic amines) is 1. The fourth-order valence-corrected chi connectivity index (χ4v) is 5.50. The molecule has 9 heteroatoms. The smallest absolute Gasteiger partial charge is 0.419 e. The van der Waals surface area contributed by atoms with Crippen LogP contribution in [-0.2, 0) is 6.18 Å². The molecule has 38 heavy (non-hydrogen) atoms. The zero-order valence-corrected chi connectivity index (χ0v) is 20.9. The highest BCUT2D eigenvalue weighted by Gasteiger charge is 2.47. The predicted octanol–water partition coefficient (Wildman–Crippen LogP) is 5.70. The maximum absolute atomic E-state index is 14.8. The molecule has 0 aliphatic carbocycles. The van der Waals surface area contributed by atoms with Crippen molar-refractivity contribution in [2.75, 3.05) is 33.2 Å². The Hall–Kier alpha value is -3.30. The fraction of sp³-hybridized carbons (Fsp3) is 0.345. The van der Waals surface area contributed by atoms with Gasteiger partial charge in [-0.2, -0.15) is 13.2 Å². The van der Waals surface area contributed by atoms with Gasteiger partial charge in [0.15, 0.2) is 5.78 Å². The quantitative estimate of drug-likeness (QED) is 0.304. The zero-order valence-electron chi connectivity index (χ0n) is 20.9. The molecule has 0 aromatic heterocycles. The van der Waals surface area contributed by atoms with Crippen molar-refractivity contribution in [1.82, 2.24) is 10.2 Å². The van der Waals surface area contributed by atoms with Crippen LogP contribution in [0.4, 0.5) is 22.0 Å². The number of rotatable bonds is 7. The highest BCUT2D eigenvalue weighted by atomic mass is 19.4. The molecular formula is C29H28F5N2O2. The largest absolute Gasteiger partial charge is 0.508 e. The molecular weight excluding hydrogens is 503 g/mol. The standard InChI is InChI=1S/C29H28F5N2O2/c1-17-20(8-4-10-24(17)30)26-22(21-9-5-11-25(31)27(21)29(32,33)34)15-36(13-12-35-2)16-23(26)28(38)18-6-3-7-19(37)14-18/h3-10,14,22-23,26,35,37H,12-13,15-16H2,1-2H3/t22-,23+,26-/m1/s1. The van der Waals surface area contributed by atoms with Crippen molar-refractivity contribution in [2.45, 2.75) is 24.9 Å². The van der Waals surface area contributed by atoms with Crippen LogP contribution in [0.2, 0.25) is 0 Å². The van der Waals surface area contributed by atoms with Gasteiger partial charge in [-0.05, 0) is 48.9 Å². The number of hydrogen-bond donors (Lipinski definition) is 2. The second-order valence-corrected chi connectivity index (χ2v) is 9.59. The SMILES string of the molecule is CNCCN1C[C@H](C(=O)c2cccc(O)c2)[C@H](c2cccc(F)c2C)[C@@H](c2cc[c]c(F)c2C(F)(F)F)C1. The van der Waals surface area contributed by atoms with Gasteiger partial charge in [0.05, 0.1) is 5.56 Å². The lowest BCUT2D eigenvalue weighted by molar-refractivity contribution is -0.141. The van der Waals surface area contributed by atoms with Crippen molar-refractivity contribution in [2.24, 2.45) is 5.92 Å². The van der Waals surface area contributed by atoms with E-state index in [1.165, 1.54) is 49.4 Å². The Labute approximate surface area is 218 Å². The molecule has 1 aliphatic heterocycles.